The van der Waals surface area contributed by atoms with Gasteiger partial charge in [0.05, 0.1) is 18.8 Å². The number of carbonyl (C=O) groups excluding carboxylic acids is 3. The van der Waals surface area contributed by atoms with Gasteiger partial charge in [-0.25, -0.2) is 4.79 Å². The molecule has 0 saturated heterocycles. The molecule has 1 aliphatic rings. The molecule has 49 heavy (non-hydrogen) atoms. The number of methoxy groups -OCH3 is 2. The largest absolute Gasteiger partial charge is 0.454 e. The molecule has 0 fully saturated rings. The number of nitrogens with one attached hydrogen (secondary N) is 2. The van der Waals surface area contributed by atoms with Crippen LogP contribution in [-0.4, -0.2) is 75.1 Å². The second-order valence-electron chi connectivity index (χ2n) is 12.6. The first kappa shape index (κ1) is 43.2. The summed E-state index contributed by atoms with van der Waals surface area (Å²) in [5, 5.41) is 14.3. The highest BCUT2D eigenvalue weighted by Gasteiger charge is 2.22. The van der Waals surface area contributed by atoms with Crippen molar-refractivity contribution in [3.05, 3.63) is 95.2 Å². The molecule has 0 radical (unpaired) electrons. The molecule has 1 aliphatic heterocycles. The van der Waals surface area contributed by atoms with E-state index in [0.29, 0.717) is 12.0 Å². The molecule has 0 aromatic heterocycles. The number of hydrogen-bond acceptors (Lipinski definition) is 7. The fraction of sp³-hybridized carbons (Fsp3) is 0.525. The van der Waals surface area contributed by atoms with Gasteiger partial charge >= 0.3 is 5.97 Å². The van der Waals surface area contributed by atoms with E-state index in [-0.39, 0.29) is 30.6 Å². The van der Waals surface area contributed by atoms with E-state index in [9.17, 15) is 19.5 Å². The molecule has 0 bridgehead atoms. The maximum atomic E-state index is 13.4. The number of carbonyl (C=O) groups is 3. The van der Waals surface area contributed by atoms with Crippen LogP contribution < -0.4 is 10.6 Å². The molecule has 9 heteroatoms. The molecule has 3 N–H and O–H groups in total. The summed E-state index contributed by atoms with van der Waals surface area (Å²) in [4.78, 5) is 36.3. The summed E-state index contributed by atoms with van der Waals surface area (Å²) in [6, 6.07) is -1.01. The van der Waals surface area contributed by atoms with Gasteiger partial charge in [-0.15, -0.1) is 0 Å². The van der Waals surface area contributed by atoms with Crippen LogP contribution in [0.25, 0.3) is 0 Å². The maximum Gasteiger partial charge on any atom is 0.334 e. The Balaban J connectivity index is 3.32. The third-order valence-electron chi connectivity index (χ3n) is 8.15. The molecular formula is C40H60N2O7. The van der Waals surface area contributed by atoms with E-state index in [4.69, 9.17) is 14.2 Å². The Kier molecular flexibility index (Phi) is 22.3. The normalized spacial score (nSPS) is 29.7. The van der Waals surface area contributed by atoms with Gasteiger partial charge in [-0.3, -0.25) is 9.59 Å². The van der Waals surface area contributed by atoms with Crippen molar-refractivity contribution in [3.8, 4) is 0 Å². The van der Waals surface area contributed by atoms with Crippen molar-refractivity contribution < 1.29 is 33.7 Å². The monoisotopic (exact) mass is 680 g/mol. The standard InChI is InChI=1S/C40H60N2O7/c1-29-20-21-30(2)25-36(48-8)19-13-11-9-10-12-17-35(47-7)18-15-14-16-32(4)38(49-40(46)34(6)24-29)33(5)23-22-31(3)26-41-39(45)37(27-43)42-28-44/h11,13-16,18,20-25,28-29,32,35-38,43H,9-10,12,17,19,26-27H2,1-8H3,(H,41,45)(H,42,44)/b13-11+,16-14+,18-15+,21-20+,30-25+,31-22+,33-23+,34-24+/t29-,32+,35+,36+,37+,38+/m1/s1. The number of cyclic esters (lactones) is 1. The van der Waals surface area contributed by atoms with Crippen LogP contribution in [0.5, 0.6) is 0 Å². The fourth-order valence-corrected chi connectivity index (χ4v) is 5.07. The van der Waals surface area contributed by atoms with Crippen molar-refractivity contribution in [2.45, 2.75) is 98.0 Å². The lowest BCUT2D eigenvalue weighted by atomic mass is 9.96. The summed E-state index contributed by atoms with van der Waals surface area (Å²) >= 11 is 0. The predicted molar refractivity (Wildman–Crippen MR) is 198 cm³/mol. The van der Waals surface area contributed by atoms with Gasteiger partial charge in [0.1, 0.15) is 12.1 Å². The number of amides is 2. The van der Waals surface area contributed by atoms with Crippen LogP contribution in [0.4, 0.5) is 0 Å². The van der Waals surface area contributed by atoms with Gasteiger partial charge in [-0.2, -0.15) is 0 Å². The lowest BCUT2D eigenvalue weighted by Crippen LogP contribution is -2.46. The Bertz CT molecular complexity index is 1270. The molecule has 1 heterocycles. The van der Waals surface area contributed by atoms with E-state index in [0.717, 1.165) is 48.8 Å². The predicted octanol–water partition coefficient (Wildman–Crippen LogP) is 6.40. The minimum atomic E-state index is -1.01. The van der Waals surface area contributed by atoms with Crippen LogP contribution in [-0.2, 0) is 28.6 Å². The quantitative estimate of drug-likeness (QED) is 0.106. The SMILES string of the molecule is CO[C@@H]1/C=C(C)/C=C/[C@@H](C)/C=C(\C)C(=O)O[C@H](/C(C)=C/C=C(\C)CNC(=O)[C@H](CO)NC=O)[C@@H](C)/C=C/C=C/[C@@H](OC)CCCC/C=C/C1. The summed E-state index contributed by atoms with van der Waals surface area (Å²) in [5.41, 5.74) is 3.26. The van der Waals surface area contributed by atoms with Crippen molar-refractivity contribution in [1.82, 2.24) is 10.6 Å². The summed E-state index contributed by atoms with van der Waals surface area (Å²) < 4.78 is 17.5. The average Bonchev–Trinajstić information content (AvgIpc) is 3.08. The fourth-order valence-electron chi connectivity index (χ4n) is 5.07. The summed E-state index contributed by atoms with van der Waals surface area (Å²) in [6.45, 7) is 11.3. The highest BCUT2D eigenvalue weighted by Crippen LogP contribution is 2.21. The Morgan fingerprint density at radius 1 is 1.02 bits per heavy atom. The number of rotatable bonds is 10. The average molecular weight is 681 g/mol. The molecule has 0 unspecified atom stereocenters. The number of aliphatic hydroxyl groups excluding tert-OH is 1. The van der Waals surface area contributed by atoms with Gasteiger partial charge in [0.2, 0.25) is 12.3 Å². The van der Waals surface area contributed by atoms with E-state index in [1.807, 2.05) is 77.2 Å². The zero-order chi connectivity index (χ0) is 36.6. The van der Waals surface area contributed by atoms with Crippen molar-refractivity contribution in [3.63, 3.8) is 0 Å². The van der Waals surface area contributed by atoms with Gasteiger partial charge in [-0.1, -0.05) is 104 Å². The van der Waals surface area contributed by atoms with E-state index >= 15 is 0 Å². The first-order valence-electron chi connectivity index (χ1n) is 17.2. The van der Waals surface area contributed by atoms with Crippen molar-refractivity contribution in [2.24, 2.45) is 11.8 Å². The third kappa shape index (κ3) is 18.5. The molecule has 0 aromatic carbocycles. The first-order chi connectivity index (χ1) is 23.4. The van der Waals surface area contributed by atoms with Gasteiger partial charge in [0.25, 0.3) is 0 Å². The third-order valence-corrected chi connectivity index (χ3v) is 8.15. The number of ether oxygens (including phenoxy) is 3. The Morgan fingerprint density at radius 2 is 1.73 bits per heavy atom. The van der Waals surface area contributed by atoms with Crippen LogP contribution in [0.2, 0.25) is 0 Å². The zero-order valence-corrected chi connectivity index (χ0v) is 30.8. The molecule has 1 rings (SSSR count). The molecule has 0 spiro atoms. The summed E-state index contributed by atoms with van der Waals surface area (Å²) in [7, 11) is 3.45. The minimum absolute atomic E-state index is 0.00145. The van der Waals surface area contributed by atoms with Crippen LogP contribution in [0.3, 0.4) is 0 Å². The molecule has 272 valence electrons. The van der Waals surface area contributed by atoms with Gasteiger partial charge in [0.15, 0.2) is 0 Å². The number of hydrogen-bond donors (Lipinski definition) is 3. The molecule has 6 atom stereocenters. The second-order valence-corrected chi connectivity index (χ2v) is 12.6. The van der Waals surface area contributed by atoms with Crippen molar-refractivity contribution >= 4 is 18.3 Å². The van der Waals surface area contributed by atoms with E-state index in [2.05, 4.69) is 41.0 Å². The minimum Gasteiger partial charge on any atom is -0.454 e. The second kappa shape index (κ2) is 25.2. The van der Waals surface area contributed by atoms with Crippen LogP contribution in [0.1, 0.15) is 73.6 Å². The smallest absolute Gasteiger partial charge is 0.334 e. The first-order valence-corrected chi connectivity index (χ1v) is 17.2. The topological polar surface area (TPSA) is 123 Å². The van der Waals surface area contributed by atoms with E-state index in [1.54, 1.807) is 21.1 Å². The Labute approximate surface area is 294 Å². The van der Waals surface area contributed by atoms with Crippen molar-refractivity contribution in [2.75, 3.05) is 27.4 Å². The number of aliphatic hydroxyl groups is 1. The highest BCUT2D eigenvalue weighted by atomic mass is 16.5. The van der Waals surface area contributed by atoms with Crippen LogP contribution >= 0.6 is 0 Å². The lowest BCUT2D eigenvalue weighted by molar-refractivity contribution is -0.144. The van der Waals surface area contributed by atoms with Crippen LogP contribution in [0.15, 0.2) is 95.2 Å². The molecule has 0 saturated carbocycles. The summed E-state index contributed by atoms with van der Waals surface area (Å²) in [6.07, 6.45) is 29.0. The molecular weight excluding hydrogens is 620 g/mol. The molecule has 9 nitrogen and oxygen atoms in total. The lowest BCUT2D eigenvalue weighted by Gasteiger charge is -2.23. The Hall–Kier alpha value is -3.79. The van der Waals surface area contributed by atoms with Gasteiger partial charge < -0.3 is 30.0 Å². The van der Waals surface area contributed by atoms with E-state index < -0.39 is 30.6 Å². The van der Waals surface area contributed by atoms with Gasteiger partial charge in [-0.05, 0) is 64.9 Å². The van der Waals surface area contributed by atoms with E-state index in [1.165, 1.54) is 0 Å². The van der Waals surface area contributed by atoms with Gasteiger partial charge in [0, 0.05) is 32.3 Å². The van der Waals surface area contributed by atoms with Crippen molar-refractivity contribution in [1.29, 1.82) is 0 Å². The summed E-state index contributed by atoms with van der Waals surface area (Å²) in [5.74, 6) is -1.03. The Morgan fingerprint density at radius 3 is 2.41 bits per heavy atom. The maximum absolute atomic E-state index is 13.4. The highest BCUT2D eigenvalue weighted by molar-refractivity contribution is 5.88. The molecule has 0 aromatic rings. The molecule has 0 aliphatic carbocycles. The molecule has 2 amide bonds. The zero-order valence-electron chi connectivity index (χ0n) is 30.8. The number of allylic oxidation sites excluding steroid dienone is 9. The number of esters is 1. The van der Waals surface area contributed by atoms with Crippen LogP contribution in [0, 0.1) is 11.8 Å².